The number of hydrogen-bond donors (Lipinski definition) is 1. The maximum absolute atomic E-state index is 12.3. The zero-order valence-electron chi connectivity index (χ0n) is 14.4. The smallest absolute Gasteiger partial charge is 0.493 e. The van der Waals surface area contributed by atoms with Crippen LogP contribution in [0.1, 0.15) is 24.2 Å². The van der Waals surface area contributed by atoms with Crippen molar-refractivity contribution in [3.63, 3.8) is 0 Å². The zero-order valence-corrected chi connectivity index (χ0v) is 14.4. The van der Waals surface area contributed by atoms with Gasteiger partial charge in [-0.05, 0) is 56.3 Å². The first-order valence-corrected chi connectivity index (χ1v) is 7.70. The highest BCUT2D eigenvalue weighted by Crippen LogP contribution is 2.29. The number of benzene rings is 2. The van der Waals surface area contributed by atoms with Crippen LogP contribution in [-0.2, 0) is 0 Å². The number of carbonyl (C=O) groups excluding carboxylic acids is 1. The zero-order chi connectivity index (χ0) is 19.3. The first-order chi connectivity index (χ1) is 12.2. The summed E-state index contributed by atoms with van der Waals surface area (Å²) < 4.78 is 51.0. The molecule has 0 spiro atoms. The van der Waals surface area contributed by atoms with Gasteiger partial charge in [-0.25, -0.2) is 0 Å². The van der Waals surface area contributed by atoms with E-state index in [-0.39, 0.29) is 11.9 Å². The van der Waals surface area contributed by atoms with Crippen LogP contribution in [0.4, 0.5) is 18.9 Å². The SMILES string of the molecule is COc1cc(C(=O)Nc2ccc(OC(F)(F)F)cc2)ccc1OC(C)C. The Kier molecular flexibility index (Phi) is 5.97. The van der Waals surface area contributed by atoms with Gasteiger partial charge in [0.2, 0.25) is 0 Å². The highest BCUT2D eigenvalue weighted by atomic mass is 19.4. The van der Waals surface area contributed by atoms with Gasteiger partial charge in [-0.2, -0.15) is 0 Å². The van der Waals surface area contributed by atoms with Crippen LogP contribution in [0.5, 0.6) is 17.2 Å². The van der Waals surface area contributed by atoms with Gasteiger partial charge in [-0.15, -0.1) is 13.2 Å². The molecular formula is C18H18F3NO4. The number of ether oxygens (including phenoxy) is 3. The summed E-state index contributed by atoms with van der Waals surface area (Å²) in [5.74, 6) is 0.101. The normalized spacial score (nSPS) is 11.2. The topological polar surface area (TPSA) is 56.8 Å². The summed E-state index contributed by atoms with van der Waals surface area (Å²) in [6.45, 7) is 3.73. The van der Waals surface area contributed by atoms with Crippen LogP contribution >= 0.6 is 0 Å². The highest BCUT2D eigenvalue weighted by molar-refractivity contribution is 6.04. The van der Waals surface area contributed by atoms with Gasteiger partial charge in [-0.1, -0.05) is 0 Å². The molecule has 2 rings (SSSR count). The standard InChI is InChI=1S/C18H18F3NO4/c1-11(2)25-15-9-4-12(10-16(15)24-3)17(23)22-13-5-7-14(8-6-13)26-18(19,20)21/h4-11H,1-3H3,(H,22,23). The van der Waals surface area contributed by atoms with Gasteiger partial charge in [0.1, 0.15) is 5.75 Å². The number of alkyl halides is 3. The Morgan fingerprint density at radius 3 is 2.23 bits per heavy atom. The van der Waals surface area contributed by atoms with E-state index in [4.69, 9.17) is 9.47 Å². The summed E-state index contributed by atoms with van der Waals surface area (Å²) in [6, 6.07) is 9.56. The van der Waals surface area contributed by atoms with E-state index in [2.05, 4.69) is 10.1 Å². The second-order valence-corrected chi connectivity index (χ2v) is 5.56. The van der Waals surface area contributed by atoms with Crippen LogP contribution in [-0.4, -0.2) is 25.5 Å². The Bertz CT molecular complexity index is 758. The highest BCUT2D eigenvalue weighted by Gasteiger charge is 2.30. The predicted molar refractivity (Wildman–Crippen MR) is 89.8 cm³/mol. The molecule has 2 aromatic carbocycles. The molecule has 0 bridgehead atoms. The Morgan fingerprint density at radius 1 is 1.04 bits per heavy atom. The predicted octanol–water partition coefficient (Wildman–Crippen LogP) is 4.63. The largest absolute Gasteiger partial charge is 0.573 e. The third-order valence-corrected chi connectivity index (χ3v) is 3.13. The lowest BCUT2D eigenvalue weighted by Crippen LogP contribution is -2.17. The van der Waals surface area contributed by atoms with Crippen molar-refractivity contribution >= 4 is 11.6 Å². The number of carbonyl (C=O) groups is 1. The van der Waals surface area contributed by atoms with Gasteiger partial charge in [0.15, 0.2) is 11.5 Å². The third kappa shape index (κ3) is 5.58. The Hall–Kier alpha value is -2.90. The number of rotatable bonds is 6. The van der Waals surface area contributed by atoms with Crippen LogP contribution in [0.25, 0.3) is 0 Å². The van der Waals surface area contributed by atoms with Crippen LogP contribution < -0.4 is 19.5 Å². The average Bonchev–Trinajstić information content (AvgIpc) is 2.55. The van der Waals surface area contributed by atoms with E-state index in [9.17, 15) is 18.0 Å². The summed E-state index contributed by atoms with van der Waals surface area (Å²) in [5.41, 5.74) is 0.638. The molecule has 0 aliphatic rings. The van der Waals surface area contributed by atoms with Crippen molar-refractivity contribution < 1.29 is 32.2 Å². The van der Waals surface area contributed by atoms with Crippen molar-refractivity contribution in [3.05, 3.63) is 48.0 Å². The van der Waals surface area contributed by atoms with Crippen molar-refractivity contribution in [2.75, 3.05) is 12.4 Å². The number of anilines is 1. The lowest BCUT2D eigenvalue weighted by atomic mass is 10.1. The summed E-state index contributed by atoms with van der Waals surface area (Å²) in [6.07, 6.45) is -4.82. The molecule has 26 heavy (non-hydrogen) atoms. The lowest BCUT2D eigenvalue weighted by molar-refractivity contribution is -0.274. The number of amides is 1. The number of hydrogen-bond acceptors (Lipinski definition) is 4. The van der Waals surface area contributed by atoms with E-state index in [1.54, 1.807) is 12.1 Å². The van der Waals surface area contributed by atoms with Crippen LogP contribution in [0.3, 0.4) is 0 Å². The minimum atomic E-state index is -4.76. The Labute approximate surface area is 148 Å². The molecule has 0 aliphatic heterocycles. The number of methoxy groups -OCH3 is 1. The fourth-order valence-corrected chi connectivity index (χ4v) is 2.10. The maximum Gasteiger partial charge on any atom is 0.573 e. The maximum atomic E-state index is 12.3. The number of nitrogens with one attached hydrogen (secondary N) is 1. The molecule has 0 aliphatic carbocycles. The molecule has 0 saturated carbocycles. The molecular weight excluding hydrogens is 351 g/mol. The van der Waals surface area contributed by atoms with Crippen LogP contribution in [0.2, 0.25) is 0 Å². The summed E-state index contributed by atoms with van der Waals surface area (Å²) in [4.78, 5) is 12.3. The molecule has 0 atom stereocenters. The molecule has 0 saturated heterocycles. The van der Waals surface area contributed by atoms with Gasteiger partial charge in [0.05, 0.1) is 13.2 Å². The van der Waals surface area contributed by atoms with Crippen molar-refractivity contribution in [3.8, 4) is 17.2 Å². The van der Waals surface area contributed by atoms with Crippen molar-refractivity contribution in [2.45, 2.75) is 26.3 Å². The van der Waals surface area contributed by atoms with Gasteiger partial charge < -0.3 is 19.5 Å². The van der Waals surface area contributed by atoms with E-state index in [1.807, 2.05) is 13.8 Å². The minimum absolute atomic E-state index is 0.0546. The van der Waals surface area contributed by atoms with Crippen molar-refractivity contribution in [1.82, 2.24) is 0 Å². The molecule has 2 aromatic rings. The quantitative estimate of drug-likeness (QED) is 0.806. The summed E-state index contributed by atoms with van der Waals surface area (Å²) in [5, 5.41) is 2.59. The van der Waals surface area contributed by atoms with Crippen molar-refractivity contribution in [2.24, 2.45) is 0 Å². The fraction of sp³-hybridized carbons (Fsp3) is 0.278. The second-order valence-electron chi connectivity index (χ2n) is 5.56. The van der Waals surface area contributed by atoms with Crippen molar-refractivity contribution in [1.29, 1.82) is 0 Å². The molecule has 0 heterocycles. The molecule has 5 nitrogen and oxygen atoms in total. The number of halogens is 3. The van der Waals surface area contributed by atoms with E-state index < -0.39 is 12.3 Å². The van der Waals surface area contributed by atoms with E-state index in [0.29, 0.717) is 22.7 Å². The monoisotopic (exact) mass is 369 g/mol. The lowest BCUT2D eigenvalue weighted by Gasteiger charge is -2.14. The summed E-state index contributed by atoms with van der Waals surface area (Å²) >= 11 is 0. The molecule has 1 N–H and O–H groups in total. The van der Waals surface area contributed by atoms with Gasteiger partial charge in [-0.3, -0.25) is 4.79 Å². The first kappa shape index (κ1) is 19.4. The second kappa shape index (κ2) is 7.99. The van der Waals surface area contributed by atoms with E-state index in [0.717, 1.165) is 12.1 Å². The molecule has 0 radical (unpaired) electrons. The van der Waals surface area contributed by atoms with Crippen LogP contribution in [0, 0.1) is 0 Å². The van der Waals surface area contributed by atoms with Gasteiger partial charge in [0, 0.05) is 11.3 Å². The molecule has 140 valence electrons. The Balaban J connectivity index is 2.09. The first-order valence-electron chi connectivity index (χ1n) is 7.70. The van der Waals surface area contributed by atoms with Crippen LogP contribution in [0.15, 0.2) is 42.5 Å². The van der Waals surface area contributed by atoms with Gasteiger partial charge in [0.25, 0.3) is 5.91 Å². The van der Waals surface area contributed by atoms with Gasteiger partial charge >= 0.3 is 6.36 Å². The molecule has 0 aromatic heterocycles. The fourth-order valence-electron chi connectivity index (χ4n) is 2.10. The van der Waals surface area contributed by atoms with E-state index >= 15 is 0 Å². The minimum Gasteiger partial charge on any atom is -0.493 e. The molecule has 8 heteroatoms. The Morgan fingerprint density at radius 2 is 1.69 bits per heavy atom. The molecule has 1 amide bonds. The van der Waals surface area contributed by atoms with E-state index in [1.165, 1.54) is 25.3 Å². The molecule has 0 fully saturated rings. The third-order valence-electron chi connectivity index (χ3n) is 3.13. The molecule has 0 unspecified atom stereocenters. The average molecular weight is 369 g/mol. The summed E-state index contributed by atoms with van der Waals surface area (Å²) in [7, 11) is 1.46.